The summed E-state index contributed by atoms with van der Waals surface area (Å²) < 4.78 is 13.0. The highest BCUT2D eigenvalue weighted by atomic mass is 127. The molecule has 3 rings (SSSR count). The van der Waals surface area contributed by atoms with Crippen molar-refractivity contribution in [2.45, 2.75) is 33.4 Å². The number of rotatable bonds is 9. The molecule has 0 saturated carbocycles. The van der Waals surface area contributed by atoms with E-state index in [0.29, 0.717) is 13.2 Å². The first kappa shape index (κ1) is 20.5. The maximum atomic E-state index is 6.10. The SMILES string of the molecule is CCOc1cc(CNc2ccc(CC)cc2)cc(I)c1OCc1ccccc1. The van der Waals surface area contributed by atoms with E-state index in [1.165, 1.54) is 11.1 Å². The van der Waals surface area contributed by atoms with E-state index < -0.39 is 0 Å². The smallest absolute Gasteiger partial charge is 0.174 e. The number of aryl methyl sites for hydroxylation is 1. The predicted octanol–water partition coefficient (Wildman–Crippen LogP) is 6.44. The lowest BCUT2D eigenvalue weighted by Crippen LogP contribution is -2.05. The maximum absolute atomic E-state index is 6.10. The van der Waals surface area contributed by atoms with Crippen molar-refractivity contribution in [1.29, 1.82) is 0 Å². The van der Waals surface area contributed by atoms with Crippen LogP contribution in [0.15, 0.2) is 66.7 Å². The molecule has 0 heterocycles. The van der Waals surface area contributed by atoms with Gasteiger partial charge in [0.1, 0.15) is 6.61 Å². The second-order valence-electron chi connectivity index (χ2n) is 6.52. The normalized spacial score (nSPS) is 10.5. The first-order valence-corrected chi connectivity index (χ1v) is 10.7. The van der Waals surface area contributed by atoms with E-state index in [-0.39, 0.29) is 0 Å². The molecule has 146 valence electrons. The number of nitrogens with one attached hydrogen (secondary N) is 1. The standard InChI is InChI=1S/C24H26INO2/c1-3-18-10-12-21(13-11-18)26-16-20-14-22(25)24(23(15-20)27-4-2)28-17-19-8-6-5-7-9-19/h5-15,26H,3-4,16-17H2,1-2H3. The summed E-state index contributed by atoms with van der Waals surface area (Å²) in [5.41, 5.74) is 4.77. The molecule has 0 radical (unpaired) electrons. The molecule has 1 N–H and O–H groups in total. The van der Waals surface area contributed by atoms with Gasteiger partial charge in [0.2, 0.25) is 0 Å². The van der Waals surface area contributed by atoms with Crippen LogP contribution in [0.1, 0.15) is 30.5 Å². The lowest BCUT2D eigenvalue weighted by molar-refractivity contribution is 0.267. The Hall–Kier alpha value is -2.21. The van der Waals surface area contributed by atoms with E-state index in [0.717, 1.165) is 39.3 Å². The zero-order valence-electron chi connectivity index (χ0n) is 16.4. The van der Waals surface area contributed by atoms with Gasteiger partial charge in [-0.05, 0) is 76.9 Å². The maximum Gasteiger partial charge on any atom is 0.174 e. The molecule has 0 aliphatic rings. The number of anilines is 1. The van der Waals surface area contributed by atoms with Crippen LogP contribution < -0.4 is 14.8 Å². The van der Waals surface area contributed by atoms with Crippen LogP contribution >= 0.6 is 22.6 Å². The molecule has 0 saturated heterocycles. The van der Waals surface area contributed by atoms with Crippen LogP contribution in [0, 0.1) is 3.57 Å². The molecule has 0 aliphatic carbocycles. The molecule has 0 aromatic heterocycles. The van der Waals surface area contributed by atoms with Crippen molar-refractivity contribution in [2.75, 3.05) is 11.9 Å². The molecular formula is C24H26INO2. The minimum atomic E-state index is 0.526. The van der Waals surface area contributed by atoms with Gasteiger partial charge in [-0.3, -0.25) is 0 Å². The Morgan fingerprint density at radius 3 is 2.25 bits per heavy atom. The van der Waals surface area contributed by atoms with Gasteiger partial charge >= 0.3 is 0 Å². The summed E-state index contributed by atoms with van der Waals surface area (Å²) in [4.78, 5) is 0. The topological polar surface area (TPSA) is 30.5 Å². The second kappa shape index (κ2) is 10.4. The van der Waals surface area contributed by atoms with Gasteiger partial charge in [0.15, 0.2) is 11.5 Å². The van der Waals surface area contributed by atoms with Crippen LogP contribution in [0.5, 0.6) is 11.5 Å². The zero-order chi connectivity index (χ0) is 19.8. The molecule has 0 atom stereocenters. The predicted molar refractivity (Wildman–Crippen MR) is 124 cm³/mol. The van der Waals surface area contributed by atoms with Gasteiger partial charge in [-0.15, -0.1) is 0 Å². The van der Waals surface area contributed by atoms with Crippen LogP contribution in [0.3, 0.4) is 0 Å². The van der Waals surface area contributed by atoms with Crippen molar-refractivity contribution in [3.05, 3.63) is 87.0 Å². The van der Waals surface area contributed by atoms with Crippen molar-refractivity contribution in [3.63, 3.8) is 0 Å². The van der Waals surface area contributed by atoms with E-state index in [9.17, 15) is 0 Å². The molecule has 3 aromatic rings. The fourth-order valence-corrected chi connectivity index (χ4v) is 3.74. The van der Waals surface area contributed by atoms with Crippen molar-refractivity contribution < 1.29 is 9.47 Å². The van der Waals surface area contributed by atoms with Gasteiger partial charge in [0.05, 0.1) is 10.2 Å². The van der Waals surface area contributed by atoms with E-state index in [4.69, 9.17) is 9.47 Å². The van der Waals surface area contributed by atoms with Gasteiger partial charge in [-0.1, -0.05) is 49.4 Å². The van der Waals surface area contributed by atoms with Crippen molar-refractivity contribution in [1.82, 2.24) is 0 Å². The van der Waals surface area contributed by atoms with Gasteiger partial charge in [0.25, 0.3) is 0 Å². The Balaban J connectivity index is 1.71. The number of hydrogen-bond donors (Lipinski definition) is 1. The third-order valence-corrected chi connectivity index (χ3v) is 5.26. The Bertz CT molecular complexity index is 879. The third kappa shape index (κ3) is 5.64. The molecule has 0 unspecified atom stereocenters. The molecular weight excluding hydrogens is 461 g/mol. The van der Waals surface area contributed by atoms with Crippen LogP contribution in [-0.2, 0) is 19.6 Å². The zero-order valence-corrected chi connectivity index (χ0v) is 18.5. The number of ether oxygens (including phenoxy) is 2. The Morgan fingerprint density at radius 2 is 1.57 bits per heavy atom. The lowest BCUT2D eigenvalue weighted by Gasteiger charge is -2.16. The number of halogens is 1. The van der Waals surface area contributed by atoms with E-state index in [1.54, 1.807) is 0 Å². The molecule has 0 fully saturated rings. The van der Waals surface area contributed by atoms with Crippen LogP contribution in [0.4, 0.5) is 5.69 Å². The summed E-state index contributed by atoms with van der Waals surface area (Å²) in [7, 11) is 0. The Kier molecular flexibility index (Phi) is 7.60. The largest absolute Gasteiger partial charge is 0.490 e. The first-order valence-electron chi connectivity index (χ1n) is 9.64. The van der Waals surface area contributed by atoms with Gasteiger partial charge < -0.3 is 14.8 Å². The molecule has 0 amide bonds. The lowest BCUT2D eigenvalue weighted by atomic mass is 10.1. The molecule has 0 bridgehead atoms. The van der Waals surface area contributed by atoms with Gasteiger partial charge in [-0.2, -0.15) is 0 Å². The van der Waals surface area contributed by atoms with Crippen LogP contribution in [-0.4, -0.2) is 6.61 Å². The van der Waals surface area contributed by atoms with Gasteiger partial charge in [0, 0.05) is 12.2 Å². The molecule has 3 nitrogen and oxygen atoms in total. The minimum absolute atomic E-state index is 0.526. The van der Waals surface area contributed by atoms with Crippen LogP contribution in [0.25, 0.3) is 0 Å². The molecule has 28 heavy (non-hydrogen) atoms. The molecule has 3 aromatic carbocycles. The fraction of sp³-hybridized carbons (Fsp3) is 0.250. The summed E-state index contributed by atoms with van der Waals surface area (Å²) in [6.07, 6.45) is 1.06. The summed E-state index contributed by atoms with van der Waals surface area (Å²) in [5.74, 6) is 1.60. The highest BCUT2D eigenvalue weighted by Crippen LogP contribution is 2.35. The summed E-state index contributed by atoms with van der Waals surface area (Å²) >= 11 is 2.32. The summed E-state index contributed by atoms with van der Waals surface area (Å²) in [5, 5.41) is 3.49. The van der Waals surface area contributed by atoms with E-state index in [2.05, 4.69) is 83.4 Å². The quantitative estimate of drug-likeness (QED) is 0.352. The first-order chi connectivity index (χ1) is 13.7. The molecule has 0 spiro atoms. The fourth-order valence-electron chi connectivity index (χ4n) is 2.92. The third-order valence-electron chi connectivity index (χ3n) is 4.45. The minimum Gasteiger partial charge on any atom is -0.490 e. The summed E-state index contributed by atoms with van der Waals surface area (Å²) in [6.45, 7) is 6.03. The van der Waals surface area contributed by atoms with Crippen molar-refractivity contribution >= 4 is 28.3 Å². The highest BCUT2D eigenvalue weighted by Gasteiger charge is 2.12. The number of hydrogen-bond acceptors (Lipinski definition) is 3. The average molecular weight is 487 g/mol. The second-order valence-corrected chi connectivity index (χ2v) is 7.68. The van der Waals surface area contributed by atoms with Crippen LogP contribution in [0.2, 0.25) is 0 Å². The highest BCUT2D eigenvalue weighted by molar-refractivity contribution is 14.1. The molecule has 0 aliphatic heterocycles. The summed E-state index contributed by atoms with van der Waals surface area (Å²) in [6, 6.07) is 23.0. The molecule has 4 heteroatoms. The van der Waals surface area contributed by atoms with Gasteiger partial charge in [-0.25, -0.2) is 0 Å². The van der Waals surface area contributed by atoms with Crippen molar-refractivity contribution in [2.24, 2.45) is 0 Å². The van der Waals surface area contributed by atoms with Crippen molar-refractivity contribution in [3.8, 4) is 11.5 Å². The average Bonchev–Trinajstić information content (AvgIpc) is 2.73. The monoisotopic (exact) mass is 487 g/mol. The number of benzene rings is 3. The Morgan fingerprint density at radius 1 is 0.821 bits per heavy atom. The van der Waals surface area contributed by atoms with E-state index >= 15 is 0 Å². The Labute approximate surface area is 181 Å². The van der Waals surface area contributed by atoms with E-state index in [1.807, 2.05) is 25.1 Å².